The van der Waals surface area contributed by atoms with Crippen LogP contribution in [0.1, 0.15) is 5.69 Å². The Morgan fingerprint density at radius 1 is 1.14 bits per heavy atom. The third kappa shape index (κ3) is 3.21. The molecule has 0 saturated carbocycles. The van der Waals surface area contributed by atoms with Gasteiger partial charge in [-0.25, -0.2) is 4.98 Å². The average molecular weight is 378 g/mol. The number of para-hydroxylation sites is 1. The van der Waals surface area contributed by atoms with Gasteiger partial charge in [-0.15, -0.1) is 0 Å². The van der Waals surface area contributed by atoms with Gasteiger partial charge >= 0.3 is 5.95 Å². The molecule has 2 aromatic carbocycles. The van der Waals surface area contributed by atoms with Crippen LogP contribution in [0.4, 0.5) is 5.69 Å². The molecule has 22 heavy (non-hydrogen) atoms. The van der Waals surface area contributed by atoms with Crippen molar-refractivity contribution in [3.05, 3.63) is 63.7 Å². The summed E-state index contributed by atoms with van der Waals surface area (Å²) in [4.78, 5) is 8.44. The normalized spacial score (nSPS) is 11.2. The second kappa shape index (κ2) is 6.34. The molecule has 0 amide bonds. The minimum absolute atomic E-state index is 0.248. The number of benzene rings is 2. The van der Waals surface area contributed by atoms with Crippen molar-refractivity contribution in [1.82, 2.24) is 4.98 Å². The molecular weight excluding hydrogens is 368 g/mol. The van der Waals surface area contributed by atoms with E-state index in [1.54, 1.807) is 12.1 Å². The third-order valence-electron chi connectivity index (χ3n) is 2.90. The smallest absolute Gasteiger partial charge is 0.312 e. The molecule has 0 radical (unpaired) electrons. The molecular formula is C16H10BrClN2O2. The van der Waals surface area contributed by atoms with E-state index in [0.29, 0.717) is 16.6 Å². The van der Waals surface area contributed by atoms with Gasteiger partial charge in [0.25, 0.3) is 0 Å². The summed E-state index contributed by atoms with van der Waals surface area (Å²) in [6.07, 6.45) is 1.42. The van der Waals surface area contributed by atoms with Crippen molar-refractivity contribution in [3.8, 4) is 17.4 Å². The molecule has 0 spiro atoms. The summed E-state index contributed by atoms with van der Waals surface area (Å²) in [5, 5.41) is 10.4. The number of nitrogens with zero attached hydrogens (tertiary/aromatic N) is 2. The number of halogens is 2. The standard InChI is InChI=1S/C16H10BrClN2O2/c17-11-7-5-10(6-8-11)15-20-14(16(21)22-15)9-19-13-4-2-1-3-12(13)18/h1-9,21H. The maximum absolute atomic E-state index is 9.83. The van der Waals surface area contributed by atoms with E-state index in [2.05, 4.69) is 25.9 Å². The zero-order valence-electron chi connectivity index (χ0n) is 11.2. The summed E-state index contributed by atoms with van der Waals surface area (Å²) >= 11 is 9.38. The lowest BCUT2D eigenvalue weighted by Crippen LogP contribution is -1.83. The fourth-order valence-electron chi connectivity index (χ4n) is 1.81. The molecule has 110 valence electrons. The molecule has 0 atom stereocenters. The van der Waals surface area contributed by atoms with Gasteiger partial charge in [-0.05, 0) is 36.4 Å². The molecule has 0 aliphatic rings. The maximum atomic E-state index is 9.83. The summed E-state index contributed by atoms with van der Waals surface area (Å²) < 4.78 is 6.22. The molecule has 1 heterocycles. The van der Waals surface area contributed by atoms with Gasteiger partial charge in [-0.2, -0.15) is 0 Å². The topological polar surface area (TPSA) is 58.6 Å². The van der Waals surface area contributed by atoms with Gasteiger partial charge in [0.1, 0.15) is 0 Å². The van der Waals surface area contributed by atoms with Crippen LogP contribution < -0.4 is 0 Å². The van der Waals surface area contributed by atoms with Crippen molar-refractivity contribution in [2.75, 3.05) is 0 Å². The molecule has 0 bridgehead atoms. The van der Waals surface area contributed by atoms with Gasteiger partial charge in [0.2, 0.25) is 5.89 Å². The molecule has 3 aromatic rings. The van der Waals surface area contributed by atoms with E-state index in [0.717, 1.165) is 10.0 Å². The first-order valence-electron chi connectivity index (χ1n) is 6.38. The Kier molecular flexibility index (Phi) is 4.27. The second-order valence-electron chi connectivity index (χ2n) is 4.43. The van der Waals surface area contributed by atoms with Crippen LogP contribution in [0, 0.1) is 0 Å². The lowest BCUT2D eigenvalue weighted by molar-refractivity contribution is 0.337. The Bertz CT molecular complexity index is 828. The van der Waals surface area contributed by atoms with Crippen LogP contribution in [-0.2, 0) is 0 Å². The molecule has 0 fully saturated rings. The first-order chi connectivity index (χ1) is 10.6. The van der Waals surface area contributed by atoms with Crippen LogP contribution >= 0.6 is 27.5 Å². The number of oxazole rings is 1. The van der Waals surface area contributed by atoms with Gasteiger partial charge in [-0.3, -0.25) is 4.99 Å². The van der Waals surface area contributed by atoms with Gasteiger partial charge in [0, 0.05) is 10.0 Å². The van der Waals surface area contributed by atoms with E-state index in [4.69, 9.17) is 16.0 Å². The monoisotopic (exact) mass is 376 g/mol. The Balaban J connectivity index is 1.90. The number of rotatable bonds is 3. The summed E-state index contributed by atoms with van der Waals surface area (Å²) in [6, 6.07) is 14.6. The van der Waals surface area contributed by atoms with E-state index in [9.17, 15) is 5.11 Å². The molecule has 1 aromatic heterocycles. The van der Waals surface area contributed by atoms with Crippen LogP contribution in [0.25, 0.3) is 11.5 Å². The Labute approximate surface area is 140 Å². The number of hydrogen-bond donors (Lipinski definition) is 1. The first-order valence-corrected chi connectivity index (χ1v) is 7.55. The molecule has 6 heteroatoms. The second-order valence-corrected chi connectivity index (χ2v) is 5.75. The average Bonchev–Trinajstić information content (AvgIpc) is 2.88. The zero-order valence-corrected chi connectivity index (χ0v) is 13.5. The van der Waals surface area contributed by atoms with Crippen molar-refractivity contribution < 1.29 is 9.52 Å². The minimum Gasteiger partial charge on any atom is -0.479 e. The predicted octanol–water partition coefficient (Wildman–Crippen LogP) is 5.21. The molecule has 1 N–H and O–H groups in total. The Morgan fingerprint density at radius 3 is 2.59 bits per heavy atom. The van der Waals surface area contributed by atoms with Crippen molar-refractivity contribution in [2.45, 2.75) is 0 Å². The van der Waals surface area contributed by atoms with Gasteiger partial charge in [-0.1, -0.05) is 39.7 Å². The number of aromatic nitrogens is 1. The highest BCUT2D eigenvalue weighted by Crippen LogP contribution is 2.28. The van der Waals surface area contributed by atoms with Crippen LogP contribution in [-0.4, -0.2) is 16.3 Å². The highest BCUT2D eigenvalue weighted by molar-refractivity contribution is 9.10. The molecule has 3 rings (SSSR count). The third-order valence-corrected chi connectivity index (χ3v) is 3.75. The lowest BCUT2D eigenvalue weighted by atomic mass is 10.2. The largest absolute Gasteiger partial charge is 0.479 e. The number of aromatic hydroxyl groups is 1. The maximum Gasteiger partial charge on any atom is 0.312 e. The van der Waals surface area contributed by atoms with E-state index in [1.165, 1.54) is 6.21 Å². The molecule has 0 unspecified atom stereocenters. The van der Waals surface area contributed by atoms with Crippen LogP contribution in [0.15, 0.2) is 62.4 Å². The first kappa shape index (κ1) is 14.8. The lowest BCUT2D eigenvalue weighted by Gasteiger charge is -1.95. The Hall–Kier alpha value is -2.11. The van der Waals surface area contributed by atoms with Crippen LogP contribution in [0.5, 0.6) is 5.95 Å². The highest BCUT2D eigenvalue weighted by Gasteiger charge is 2.12. The summed E-state index contributed by atoms with van der Waals surface area (Å²) in [5.41, 5.74) is 1.60. The quantitative estimate of drug-likeness (QED) is 0.637. The van der Waals surface area contributed by atoms with Crippen molar-refractivity contribution in [3.63, 3.8) is 0 Å². The van der Waals surface area contributed by atoms with Crippen LogP contribution in [0.3, 0.4) is 0 Å². The molecule has 0 aliphatic heterocycles. The summed E-state index contributed by atoms with van der Waals surface area (Å²) in [7, 11) is 0. The highest BCUT2D eigenvalue weighted by atomic mass is 79.9. The van der Waals surface area contributed by atoms with Crippen LogP contribution in [0.2, 0.25) is 5.02 Å². The molecule has 0 aliphatic carbocycles. The molecule has 0 saturated heterocycles. The van der Waals surface area contributed by atoms with Gasteiger partial charge in [0.05, 0.1) is 16.9 Å². The number of aliphatic imine (C=N–C) groups is 1. The Morgan fingerprint density at radius 2 is 1.86 bits per heavy atom. The van der Waals surface area contributed by atoms with Gasteiger partial charge in [0.15, 0.2) is 5.69 Å². The fraction of sp³-hybridized carbons (Fsp3) is 0. The van der Waals surface area contributed by atoms with E-state index in [1.807, 2.05) is 36.4 Å². The van der Waals surface area contributed by atoms with Crippen molar-refractivity contribution >= 4 is 39.4 Å². The SMILES string of the molecule is Oc1oc(-c2ccc(Br)cc2)nc1C=Nc1ccccc1Cl. The summed E-state index contributed by atoms with van der Waals surface area (Å²) in [5.74, 6) is 0.0410. The number of hydrogen-bond acceptors (Lipinski definition) is 4. The van der Waals surface area contributed by atoms with Gasteiger partial charge < -0.3 is 9.52 Å². The molecule has 4 nitrogen and oxygen atoms in total. The summed E-state index contributed by atoms with van der Waals surface area (Å²) in [6.45, 7) is 0. The van der Waals surface area contributed by atoms with E-state index in [-0.39, 0.29) is 11.6 Å². The minimum atomic E-state index is -0.284. The fourth-order valence-corrected chi connectivity index (χ4v) is 2.26. The van der Waals surface area contributed by atoms with E-state index >= 15 is 0 Å². The zero-order chi connectivity index (χ0) is 15.5. The van der Waals surface area contributed by atoms with Crippen molar-refractivity contribution in [1.29, 1.82) is 0 Å². The predicted molar refractivity (Wildman–Crippen MR) is 90.0 cm³/mol. The van der Waals surface area contributed by atoms with E-state index < -0.39 is 0 Å². The van der Waals surface area contributed by atoms with Crippen molar-refractivity contribution in [2.24, 2.45) is 4.99 Å².